The van der Waals surface area contributed by atoms with Gasteiger partial charge < -0.3 is 10.1 Å². The predicted molar refractivity (Wildman–Crippen MR) is 93.8 cm³/mol. The zero-order valence-electron chi connectivity index (χ0n) is 13.6. The van der Waals surface area contributed by atoms with Gasteiger partial charge in [-0.3, -0.25) is 0 Å². The molecule has 2 heteroatoms. The molecule has 23 heavy (non-hydrogen) atoms. The van der Waals surface area contributed by atoms with E-state index in [2.05, 4.69) is 53.8 Å². The molecule has 2 aliphatic carbocycles. The minimum atomic E-state index is 0.571. The third kappa shape index (κ3) is 3.76. The van der Waals surface area contributed by atoms with Crippen LogP contribution in [0.3, 0.4) is 0 Å². The van der Waals surface area contributed by atoms with Crippen molar-refractivity contribution < 1.29 is 4.74 Å². The molecule has 0 aliphatic heterocycles. The van der Waals surface area contributed by atoms with Crippen LogP contribution in [-0.4, -0.2) is 12.6 Å². The molecule has 1 saturated carbocycles. The lowest BCUT2D eigenvalue weighted by atomic mass is 9.88. The largest absolute Gasteiger partial charge is 0.493 e. The fraction of sp³-hybridized carbons (Fsp3) is 0.429. The first kappa shape index (κ1) is 14.8. The normalized spacial score (nSPS) is 20.1. The van der Waals surface area contributed by atoms with Crippen molar-refractivity contribution in [2.24, 2.45) is 5.92 Å². The highest BCUT2D eigenvalue weighted by Gasteiger charge is 2.22. The minimum Gasteiger partial charge on any atom is -0.493 e. The van der Waals surface area contributed by atoms with Crippen LogP contribution in [0.2, 0.25) is 0 Å². The van der Waals surface area contributed by atoms with E-state index >= 15 is 0 Å². The number of aryl methyl sites for hydroxylation is 1. The Morgan fingerprint density at radius 1 is 0.913 bits per heavy atom. The van der Waals surface area contributed by atoms with Crippen LogP contribution in [0.15, 0.2) is 48.5 Å². The number of ether oxygens (including phenoxy) is 1. The van der Waals surface area contributed by atoms with Crippen LogP contribution in [0.1, 0.15) is 36.0 Å². The van der Waals surface area contributed by atoms with Gasteiger partial charge in [-0.05, 0) is 55.2 Å². The summed E-state index contributed by atoms with van der Waals surface area (Å²) in [6.45, 7) is 1.78. The first-order valence-electron chi connectivity index (χ1n) is 8.89. The van der Waals surface area contributed by atoms with Crippen molar-refractivity contribution in [2.45, 2.75) is 44.7 Å². The number of nitrogens with one attached hydrogen (secondary N) is 1. The Morgan fingerprint density at radius 2 is 1.70 bits per heavy atom. The van der Waals surface area contributed by atoms with E-state index in [-0.39, 0.29) is 0 Å². The monoisotopic (exact) mass is 307 g/mol. The van der Waals surface area contributed by atoms with Gasteiger partial charge in [-0.15, -0.1) is 0 Å². The van der Waals surface area contributed by atoms with Crippen LogP contribution in [0.4, 0.5) is 0 Å². The van der Waals surface area contributed by atoms with Gasteiger partial charge in [-0.25, -0.2) is 0 Å². The average Bonchev–Trinajstić information content (AvgIpc) is 3.43. The van der Waals surface area contributed by atoms with Crippen molar-refractivity contribution in [2.75, 3.05) is 6.61 Å². The van der Waals surface area contributed by atoms with Gasteiger partial charge in [0, 0.05) is 18.2 Å². The maximum atomic E-state index is 6.02. The SMILES string of the molecule is c1ccc2c(c1)CC[C@H](NCc1ccccc1OCC1CC1)C2. The molecule has 0 unspecified atom stereocenters. The molecule has 0 aromatic heterocycles. The molecule has 0 bridgehead atoms. The first-order chi connectivity index (χ1) is 11.4. The summed E-state index contributed by atoms with van der Waals surface area (Å²) < 4.78 is 6.02. The van der Waals surface area contributed by atoms with Gasteiger partial charge in [-0.2, -0.15) is 0 Å². The summed E-state index contributed by atoms with van der Waals surface area (Å²) in [5, 5.41) is 3.74. The molecule has 1 atom stereocenters. The minimum absolute atomic E-state index is 0.571. The number of benzene rings is 2. The standard InChI is InChI=1S/C21H25NO/c1-2-6-18-13-20(12-11-17(18)5-1)22-14-19-7-3-4-8-21(19)23-15-16-9-10-16/h1-8,16,20,22H,9-15H2/t20-/m0/s1. The second-order valence-corrected chi connectivity index (χ2v) is 6.95. The molecule has 2 nitrogen and oxygen atoms in total. The van der Waals surface area contributed by atoms with Crippen LogP contribution in [0, 0.1) is 5.92 Å². The van der Waals surface area contributed by atoms with Gasteiger partial charge >= 0.3 is 0 Å². The maximum absolute atomic E-state index is 6.02. The Labute approximate surface area is 138 Å². The molecular formula is C21H25NO. The highest BCUT2D eigenvalue weighted by atomic mass is 16.5. The van der Waals surface area contributed by atoms with E-state index < -0.39 is 0 Å². The lowest BCUT2D eigenvalue weighted by Crippen LogP contribution is -2.34. The van der Waals surface area contributed by atoms with Gasteiger partial charge in [0.1, 0.15) is 5.75 Å². The lowest BCUT2D eigenvalue weighted by molar-refractivity contribution is 0.295. The van der Waals surface area contributed by atoms with Crippen molar-refractivity contribution in [1.29, 1.82) is 0 Å². The summed E-state index contributed by atoms with van der Waals surface area (Å²) in [6.07, 6.45) is 6.22. The molecule has 4 rings (SSSR count). The molecule has 0 radical (unpaired) electrons. The molecule has 2 aromatic carbocycles. The molecule has 2 aromatic rings. The molecule has 1 fully saturated rings. The van der Waals surface area contributed by atoms with E-state index in [1.54, 1.807) is 0 Å². The Morgan fingerprint density at radius 3 is 2.57 bits per heavy atom. The van der Waals surface area contributed by atoms with Gasteiger partial charge in [-0.1, -0.05) is 42.5 Å². The van der Waals surface area contributed by atoms with Crippen LogP contribution in [-0.2, 0) is 19.4 Å². The maximum Gasteiger partial charge on any atom is 0.123 e. The Kier molecular flexibility index (Phi) is 4.34. The number of hydrogen-bond acceptors (Lipinski definition) is 2. The van der Waals surface area contributed by atoms with Crippen LogP contribution < -0.4 is 10.1 Å². The second-order valence-electron chi connectivity index (χ2n) is 6.95. The van der Waals surface area contributed by atoms with Crippen molar-refractivity contribution in [1.82, 2.24) is 5.32 Å². The van der Waals surface area contributed by atoms with Gasteiger partial charge in [0.2, 0.25) is 0 Å². The van der Waals surface area contributed by atoms with Gasteiger partial charge in [0.05, 0.1) is 6.61 Å². The number of hydrogen-bond donors (Lipinski definition) is 1. The highest BCUT2D eigenvalue weighted by Crippen LogP contribution is 2.30. The fourth-order valence-corrected chi connectivity index (χ4v) is 3.41. The van der Waals surface area contributed by atoms with E-state index in [1.807, 2.05) is 0 Å². The summed E-state index contributed by atoms with van der Waals surface area (Å²) in [7, 11) is 0. The van der Waals surface area contributed by atoms with Crippen molar-refractivity contribution >= 4 is 0 Å². The van der Waals surface area contributed by atoms with Crippen molar-refractivity contribution in [3.05, 3.63) is 65.2 Å². The first-order valence-corrected chi connectivity index (χ1v) is 8.89. The zero-order chi connectivity index (χ0) is 15.5. The summed E-state index contributed by atoms with van der Waals surface area (Å²) in [6, 6.07) is 17.9. The number of fused-ring (bicyclic) bond motifs is 1. The molecule has 0 amide bonds. The van der Waals surface area contributed by atoms with E-state index in [1.165, 1.54) is 42.4 Å². The van der Waals surface area contributed by atoms with Crippen LogP contribution >= 0.6 is 0 Å². The summed E-state index contributed by atoms with van der Waals surface area (Å²) in [5.74, 6) is 1.86. The van der Waals surface area contributed by atoms with Gasteiger partial charge in [0.25, 0.3) is 0 Å². The van der Waals surface area contributed by atoms with Crippen LogP contribution in [0.25, 0.3) is 0 Å². The van der Waals surface area contributed by atoms with Crippen molar-refractivity contribution in [3.63, 3.8) is 0 Å². The molecular weight excluding hydrogens is 282 g/mol. The summed E-state index contributed by atoms with van der Waals surface area (Å²) in [5.41, 5.74) is 4.32. The smallest absolute Gasteiger partial charge is 0.123 e. The van der Waals surface area contributed by atoms with Crippen molar-refractivity contribution in [3.8, 4) is 5.75 Å². The topological polar surface area (TPSA) is 21.3 Å². The number of rotatable bonds is 6. The van der Waals surface area contributed by atoms with Gasteiger partial charge in [0.15, 0.2) is 0 Å². The van der Waals surface area contributed by atoms with E-state index in [9.17, 15) is 0 Å². The Bertz CT molecular complexity index is 662. The molecule has 0 heterocycles. The van der Waals surface area contributed by atoms with E-state index in [0.29, 0.717) is 6.04 Å². The molecule has 2 aliphatic rings. The molecule has 0 saturated heterocycles. The quantitative estimate of drug-likeness (QED) is 0.866. The molecule has 1 N–H and O–H groups in total. The lowest BCUT2D eigenvalue weighted by Gasteiger charge is -2.26. The zero-order valence-corrected chi connectivity index (χ0v) is 13.6. The third-order valence-corrected chi connectivity index (χ3v) is 5.07. The Hall–Kier alpha value is -1.80. The summed E-state index contributed by atoms with van der Waals surface area (Å²) in [4.78, 5) is 0. The third-order valence-electron chi connectivity index (χ3n) is 5.07. The van der Waals surface area contributed by atoms with Crippen LogP contribution in [0.5, 0.6) is 5.75 Å². The fourth-order valence-electron chi connectivity index (χ4n) is 3.41. The second kappa shape index (κ2) is 6.76. The average molecular weight is 307 g/mol. The Balaban J connectivity index is 1.36. The number of para-hydroxylation sites is 1. The van der Waals surface area contributed by atoms with E-state index in [4.69, 9.17) is 4.74 Å². The predicted octanol–water partition coefficient (Wildman–Crippen LogP) is 4.12. The molecule has 0 spiro atoms. The summed E-state index contributed by atoms with van der Waals surface area (Å²) >= 11 is 0. The van der Waals surface area contributed by atoms with E-state index in [0.717, 1.165) is 31.2 Å². The molecule has 120 valence electrons. The highest BCUT2D eigenvalue weighted by molar-refractivity contribution is 5.34.